The summed E-state index contributed by atoms with van der Waals surface area (Å²) in [7, 11) is 0. The van der Waals surface area contributed by atoms with E-state index in [1.54, 1.807) is 0 Å². The molecule has 0 amide bonds. The van der Waals surface area contributed by atoms with Crippen molar-refractivity contribution in [3.8, 4) is 0 Å². The number of fused-ring (bicyclic) bond motifs is 1. The Labute approximate surface area is 85.3 Å². The zero-order chi connectivity index (χ0) is 9.97. The molecule has 0 radical (unpaired) electrons. The van der Waals surface area contributed by atoms with Crippen LogP contribution in [-0.4, -0.2) is 0 Å². The van der Waals surface area contributed by atoms with Crippen LogP contribution in [0.4, 0.5) is 0 Å². The van der Waals surface area contributed by atoms with Crippen LogP contribution in [0.1, 0.15) is 24.5 Å². The van der Waals surface area contributed by atoms with Crippen LogP contribution in [0.2, 0.25) is 0 Å². The van der Waals surface area contributed by atoms with Crippen molar-refractivity contribution < 1.29 is 0 Å². The van der Waals surface area contributed by atoms with E-state index in [0.717, 1.165) is 12.0 Å². The van der Waals surface area contributed by atoms with E-state index in [4.69, 9.17) is 0 Å². The van der Waals surface area contributed by atoms with E-state index < -0.39 is 0 Å². The van der Waals surface area contributed by atoms with Gasteiger partial charge in [-0.05, 0) is 30.0 Å². The number of hydrogen-bond donors (Lipinski definition) is 0. The van der Waals surface area contributed by atoms with E-state index in [9.17, 15) is 0 Å². The summed E-state index contributed by atoms with van der Waals surface area (Å²) in [4.78, 5) is 0. The highest BCUT2D eigenvalue weighted by molar-refractivity contribution is 5.79. The summed E-state index contributed by atoms with van der Waals surface area (Å²) < 4.78 is 0. The second-order valence-electron chi connectivity index (χ2n) is 3.71. The summed E-state index contributed by atoms with van der Waals surface area (Å²) in [6.45, 7) is 6.24. The van der Waals surface area contributed by atoms with Gasteiger partial charge in [0.15, 0.2) is 0 Å². The fourth-order valence-electron chi connectivity index (χ4n) is 1.74. The molecule has 0 N–H and O–H groups in total. The van der Waals surface area contributed by atoms with E-state index in [1.165, 1.54) is 16.7 Å². The van der Waals surface area contributed by atoms with E-state index in [0.29, 0.717) is 0 Å². The molecule has 0 aromatic heterocycles. The van der Waals surface area contributed by atoms with E-state index >= 15 is 0 Å². The molecule has 70 valence electrons. The Hall–Kier alpha value is -1.56. The lowest BCUT2D eigenvalue weighted by atomic mass is 9.96. The predicted octanol–water partition coefficient (Wildman–Crippen LogP) is 4.06. The van der Waals surface area contributed by atoms with Crippen molar-refractivity contribution >= 4 is 11.6 Å². The molecule has 0 spiro atoms. The molecule has 0 saturated carbocycles. The molecule has 2 rings (SSSR count). The molecule has 0 fully saturated rings. The number of benzene rings is 1. The Bertz CT molecular complexity index is 419. The molecule has 1 aromatic carbocycles. The Morgan fingerprint density at radius 2 is 2.00 bits per heavy atom. The lowest BCUT2D eigenvalue weighted by Crippen LogP contribution is -1.88. The van der Waals surface area contributed by atoms with Crippen molar-refractivity contribution in [3.05, 3.63) is 59.7 Å². The van der Waals surface area contributed by atoms with Gasteiger partial charge < -0.3 is 0 Å². The Kier molecular flexibility index (Phi) is 2.36. The van der Waals surface area contributed by atoms with Gasteiger partial charge in [-0.15, -0.1) is 0 Å². The van der Waals surface area contributed by atoms with Crippen LogP contribution in [0.5, 0.6) is 0 Å². The normalized spacial score (nSPS) is 15.5. The second kappa shape index (κ2) is 3.67. The number of hydrogen-bond acceptors (Lipinski definition) is 0. The maximum absolute atomic E-state index is 4.10. The van der Waals surface area contributed by atoms with Crippen molar-refractivity contribution in [1.29, 1.82) is 0 Å². The minimum Gasteiger partial charge on any atom is -0.0911 e. The predicted molar refractivity (Wildman–Crippen MR) is 62.9 cm³/mol. The van der Waals surface area contributed by atoms with Gasteiger partial charge in [0.1, 0.15) is 0 Å². The van der Waals surface area contributed by atoms with E-state index in [-0.39, 0.29) is 0 Å². The van der Waals surface area contributed by atoms with Gasteiger partial charge in [-0.3, -0.25) is 0 Å². The number of rotatable bonds is 0. The van der Waals surface area contributed by atoms with Crippen LogP contribution >= 0.6 is 0 Å². The van der Waals surface area contributed by atoms with Crippen LogP contribution in [-0.2, 0) is 0 Å². The van der Waals surface area contributed by atoms with Crippen LogP contribution < -0.4 is 0 Å². The van der Waals surface area contributed by atoms with Crippen molar-refractivity contribution in [2.24, 2.45) is 0 Å². The SMILES string of the molecule is C=C1C=C(C)CC=Cc2ccccc21. The van der Waals surface area contributed by atoms with Crippen molar-refractivity contribution in [2.45, 2.75) is 13.3 Å². The summed E-state index contributed by atoms with van der Waals surface area (Å²) in [5.74, 6) is 0. The summed E-state index contributed by atoms with van der Waals surface area (Å²) in [6, 6.07) is 8.37. The van der Waals surface area contributed by atoms with Crippen molar-refractivity contribution in [2.75, 3.05) is 0 Å². The standard InChI is InChI=1S/C14H14/c1-11-6-5-8-13-7-3-4-9-14(13)12(2)10-11/h3-5,7-10H,2,6H2,1H3. The topological polar surface area (TPSA) is 0 Å². The fraction of sp³-hybridized carbons (Fsp3) is 0.143. The zero-order valence-electron chi connectivity index (χ0n) is 8.46. The highest BCUT2D eigenvalue weighted by atomic mass is 14.1. The summed E-state index contributed by atoms with van der Waals surface area (Å²) >= 11 is 0. The Morgan fingerprint density at radius 3 is 2.86 bits per heavy atom. The molecule has 1 aromatic rings. The summed E-state index contributed by atoms with van der Waals surface area (Å²) in [5, 5.41) is 0. The molecular formula is C14H14. The third-order valence-corrected chi connectivity index (χ3v) is 2.46. The monoisotopic (exact) mass is 182 g/mol. The molecule has 1 aliphatic carbocycles. The first kappa shape index (κ1) is 9.01. The molecule has 14 heavy (non-hydrogen) atoms. The minimum absolute atomic E-state index is 1.02. The summed E-state index contributed by atoms with van der Waals surface area (Å²) in [6.07, 6.45) is 7.57. The van der Waals surface area contributed by atoms with Gasteiger partial charge >= 0.3 is 0 Å². The maximum Gasteiger partial charge on any atom is -0.0118 e. The average molecular weight is 182 g/mol. The summed E-state index contributed by atoms with van der Waals surface area (Å²) in [5.41, 5.74) is 4.98. The first-order chi connectivity index (χ1) is 6.77. The molecule has 0 bridgehead atoms. The molecule has 0 atom stereocenters. The molecule has 0 heterocycles. The molecule has 0 unspecified atom stereocenters. The molecule has 0 saturated heterocycles. The molecular weight excluding hydrogens is 168 g/mol. The minimum atomic E-state index is 1.02. The highest BCUT2D eigenvalue weighted by Crippen LogP contribution is 2.24. The number of allylic oxidation sites excluding steroid dienone is 4. The van der Waals surface area contributed by atoms with E-state index in [2.05, 4.69) is 56.0 Å². The molecule has 0 aliphatic heterocycles. The van der Waals surface area contributed by atoms with Crippen LogP contribution in [0.15, 0.2) is 48.6 Å². The van der Waals surface area contributed by atoms with Crippen LogP contribution in [0, 0.1) is 0 Å². The molecule has 0 heteroatoms. The largest absolute Gasteiger partial charge is 0.0911 e. The lowest BCUT2D eigenvalue weighted by Gasteiger charge is -2.09. The maximum atomic E-state index is 4.10. The van der Waals surface area contributed by atoms with Gasteiger partial charge in [0.05, 0.1) is 0 Å². The quantitative estimate of drug-likeness (QED) is 0.567. The average Bonchev–Trinajstić information content (AvgIpc) is 2.16. The fourth-order valence-corrected chi connectivity index (χ4v) is 1.74. The lowest BCUT2D eigenvalue weighted by molar-refractivity contribution is 1.22. The third kappa shape index (κ3) is 1.69. The van der Waals surface area contributed by atoms with Crippen LogP contribution in [0.3, 0.4) is 0 Å². The van der Waals surface area contributed by atoms with Crippen molar-refractivity contribution in [3.63, 3.8) is 0 Å². The van der Waals surface area contributed by atoms with Gasteiger partial charge in [-0.25, -0.2) is 0 Å². The first-order valence-corrected chi connectivity index (χ1v) is 4.89. The Morgan fingerprint density at radius 1 is 1.21 bits per heavy atom. The van der Waals surface area contributed by atoms with Crippen molar-refractivity contribution in [1.82, 2.24) is 0 Å². The smallest absolute Gasteiger partial charge is 0.0118 e. The second-order valence-corrected chi connectivity index (χ2v) is 3.71. The highest BCUT2D eigenvalue weighted by Gasteiger charge is 2.03. The Balaban J connectivity index is 2.56. The third-order valence-electron chi connectivity index (χ3n) is 2.46. The van der Waals surface area contributed by atoms with Gasteiger partial charge in [-0.2, -0.15) is 0 Å². The first-order valence-electron chi connectivity index (χ1n) is 4.89. The molecule has 1 aliphatic rings. The van der Waals surface area contributed by atoms with Crippen LogP contribution in [0.25, 0.3) is 11.6 Å². The van der Waals surface area contributed by atoms with Gasteiger partial charge in [0.25, 0.3) is 0 Å². The van der Waals surface area contributed by atoms with Gasteiger partial charge in [-0.1, -0.05) is 54.6 Å². The van der Waals surface area contributed by atoms with Gasteiger partial charge in [0.2, 0.25) is 0 Å². The zero-order valence-corrected chi connectivity index (χ0v) is 8.46. The molecule has 0 nitrogen and oxygen atoms in total. The van der Waals surface area contributed by atoms with E-state index in [1.807, 2.05) is 0 Å². The van der Waals surface area contributed by atoms with Gasteiger partial charge in [0, 0.05) is 0 Å².